The average Bonchev–Trinajstić information content (AvgIpc) is 2.83. The van der Waals surface area contributed by atoms with Gasteiger partial charge in [-0.05, 0) is 43.5 Å². The van der Waals surface area contributed by atoms with E-state index >= 15 is 0 Å². The lowest BCUT2D eigenvalue weighted by Gasteiger charge is -2.16. The van der Waals surface area contributed by atoms with Crippen LogP contribution in [0.5, 0.6) is 11.5 Å². The highest BCUT2D eigenvalue weighted by atomic mass is 16.5. The van der Waals surface area contributed by atoms with Crippen molar-refractivity contribution < 1.29 is 14.3 Å². The predicted molar refractivity (Wildman–Crippen MR) is 92.8 cm³/mol. The number of amides is 1. The smallest absolute Gasteiger partial charge is 0.247 e. The summed E-state index contributed by atoms with van der Waals surface area (Å²) in [6.45, 7) is 1.85. The minimum absolute atomic E-state index is 0.0201. The van der Waals surface area contributed by atoms with Crippen molar-refractivity contribution in [2.75, 3.05) is 14.2 Å². The Bertz CT molecular complexity index is 558. The van der Waals surface area contributed by atoms with E-state index in [0.29, 0.717) is 23.1 Å². The van der Waals surface area contributed by atoms with Gasteiger partial charge in [0.05, 0.1) is 14.2 Å². The molecule has 0 spiro atoms. The first kappa shape index (κ1) is 17.4. The molecule has 1 aliphatic carbocycles. The Hall–Kier alpha value is -1.97. The normalized spacial score (nSPS) is 16.6. The minimum Gasteiger partial charge on any atom is -0.493 e. The Morgan fingerprint density at radius 2 is 1.74 bits per heavy atom. The second kappa shape index (κ2) is 8.61. The summed E-state index contributed by atoms with van der Waals surface area (Å²) in [7, 11) is 3.22. The number of rotatable bonds is 5. The molecule has 4 heteroatoms. The number of nitrogens with one attached hydrogen (secondary N) is 1. The largest absolute Gasteiger partial charge is 0.493 e. The van der Waals surface area contributed by atoms with E-state index in [-0.39, 0.29) is 5.91 Å². The molecular weight excluding hydrogens is 290 g/mol. The van der Waals surface area contributed by atoms with Gasteiger partial charge in [-0.3, -0.25) is 4.79 Å². The average molecular weight is 317 g/mol. The highest BCUT2D eigenvalue weighted by Gasteiger charge is 2.15. The fourth-order valence-corrected chi connectivity index (χ4v) is 2.98. The summed E-state index contributed by atoms with van der Waals surface area (Å²) in [5.41, 5.74) is 1.64. The van der Waals surface area contributed by atoms with Gasteiger partial charge in [0.2, 0.25) is 5.91 Å². The molecule has 0 radical (unpaired) electrons. The van der Waals surface area contributed by atoms with Crippen LogP contribution in [0.2, 0.25) is 0 Å². The van der Waals surface area contributed by atoms with Crippen molar-refractivity contribution in [2.24, 2.45) is 0 Å². The zero-order valence-electron chi connectivity index (χ0n) is 14.4. The van der Waals surface area contributed by atoms with E-state index < -0.39 is 0 Å². The molecule has 0 unspecified atom stereocenters. The predicted octanol–water partition coefficient (Wildman–Crippen LogP) is 3.95. The van der Waals surface area contributed by atoms with Crippen LogP contribution in [0.15, 0.2) is 23.8 Å². The topological polar surface area (TPSA) is 47.6 Å². The molecular formula is C19H27NO3. The van der Waals surface area contributed by atoms with Crippen LogP contribution < -0.4 is 14.8 Å². The molecule has 1 fully saturated rings. The molecule has 1 aromatic carbocycles. The van der Waals surface area contributed by atoms with E-state index in [9.17, 15) is 4.79 Å². The summed E-state index contributed by atoms with van der Waals surface area (Å²) < 4.78 is 10.5. The van der Waals surface area contributed by atoms with Crippen molar-refractivity contribution in [2.45, 2.75) is 51.5 Å². The molecule has 0 bridgehead atoms. The summed E-state index contributed by atoms with van der Waals surface area (Å²) >= 11 is 0. The monoisotopic (exact) mass is 317 g/mol. The fraction of sp³-hybridized carbons (Fsp3) is 0.526. The van der Waals surface area contributed by atoms with Gasteiger partial charge in [0, 0.05) is 11.6 Å². The number of ether oxygens (including phenoxy) is 2. The van der Waals surface area contributed by atoms with Crippen LogP contribution in [0.3, 0.4) is 0 Å². The van der Waals surface area contributed by atoms with Crippen LogP contribution in [0, 0.1) is 0 Å². The minimum atomic E-state index is 0.0201. The Labute approximate surface area is 138 Å². The van der Waals surface area contributed by atoms with Crippen LogP contribution in [-0.4, -0.2) is 26.2 Å². The van der Waals surface area contributed by atoms with Gasteiger partial charge < -0.3 is 14.8 Å². The van der Waals surface area contributed by atoms with Crippen molar-refractivity contribution in [1.29, 1.82) is 0 Å². The van der Waals surface area contributed by atoms with Crippen LogP contribution in [0.1, 0.15) is 51.0 Å². The quantitative estimate of drug-likeness (QED) is 0.661. The molecule has 2 rings (SSSR count). The first-order valence-corrected chi connectivity index (χ1v) is 8.35. The highest BCUT2D eigenvalue weighted by Crippen LogP contribution is 2.28. The van der Waals surface area contributed by atoms with Crippen molar-refractivity contribution >= 4 is 12.0 Å². The molecule has 0 aromatic heterocycles. The van der Waals surface area contributed by atoms with Gasteiger partial charge in [0.15, 0.2) is 11.5 Å². The third-order valence-electron chi connectivity index (χ3n) is 4.34. The molecule has 1 N–H and O–H groups in total. The van der Waals surface area contributed by atoms with E-state index in [4.69, 9.17) is 9.47 Å². The maximum Gasteiger partial charge on any atom is 0.247 e. The maximum atomic E-state index is 12.4. The summed E-state index contributed by atoms with van der Waals surface area (Å²) in [5, 5.41) is 3.17. The van der Waals surface area contributed by atoms with Crippen LogP contribution >= 0.6 is 0 Å². The first-order chi connectivity index (χ1) is 11.1. The van der Waals surface area contributed by atoms with Crippen LogP contribution in [-0.2, 0) is 4.79 Å². The number of hydrogen-bond donors (Lipinski definition) is 1. The van der Waals surface area contributed by atoms with Crippen LogP contribution in [0.4, 0.5) is 0 Å². The van der Waals surface area contributed by atoms with Gasteiger partial charge >= 0.3 is 0 Å². The van der Waals surface area contributed by atoms with Crippen molar-refractivity contribution in [3.05, 3.63) is 29.3 Å². The van der Waals surface area contributed by atoms with Gasteiger partial charge in [-0.2, -0.15) is 0 Å². The molecule has 1 aliphatic rings. The van der Waals surface area contributed by atoms with Crippen molar-refractivity contribution in [3.63, 3.8) is 0 Å². The second-order valence-electron chi connectivity index (χ2n) is 6.10. The molecule has 0 heterocycles. The van der Waals surface area contributed by atoms with Gasteiger partial charge in [-0.1, -0.05) is 31.7 Å². The Morgan fingerprint density at radius 3 is 2.35 bits per heavy atom. The summed E-state index contributed by atoms with van der Waals surface area (Å²) in [4.78, 5) is 12.4. The molecule has 0 saturated heterocycles. The zero-order valence-corrected chi connectivity index (χ0v) is 14.4. The van der Waals surface area contributed by atoms with Crippen molar-refractivity contribution in [3.8, 4) is 11.5 Å². The van der Waals surface area contributed by atoms with Gasteiger partial charge in [-0.15, -0.1) is 0 Å². The molecule has 126 valence electrons. The molecule has 0 atom stereocenters. The lowest BCUT2D eigenvalue weighted by molar-refractivity contribution is -0.118. The molecule has 0 aliphatic heterocycles. The van der Waals surface area contributed by atoms with Gasteiger partial charge in [0.25, 0.3) is 0 Å². The van der Waals surface area contributed by atoms with E-state index in [1.54, 1.807) is 14.2 Å². The molecule has 1 aromatic rings. The molecule has 23 heavy (non-hydrogen) atoms. The van der Waals surface area contributed by atoms with E-state index in [1.807, 2.05) is 31.2 Å². The van der Waals surface area contributed by atoms with E-state index in [0.717, 1.165) is 18.4 Å². The summed E-state index contributed by atoms with van der Waals surface area (Å²) in [5.74, 6) is 1.37. The van der Waals surface area contributed by atoms with E-state index in [2.05, 4.69) is 5.32 Å². The summed E-state index contributed by atoms with van der Waals surface area (Å²) in [6, 6.07) is 5.96. The number of carbonyl (C=O) groups is 1. The molecule has 1 amide bonds. The Kier molecular flexibility index (Phi) is 6.51. The third-order valence-corrected chi connectivity index (χ3v) is 4.34. The first-order valence-electron chi connectivity index (χ1n) is 8.35. The number of carbonyl (C=O) groups excluding carboxylic acids is 1. The van der Waals surface area contributed by atoms with Crippen molar-refractivity contribution in [1.82, 2.24) is 5.32 Å². The lowest BCUT2D eigenvalue weighted by atomic mass is 10.1. The molecule has 1 saturated carbocycles. The second-order valence-corrected chi connectivity index (χ2v) is 6.10. The standard InChI is InChI=1S/C19H27NO3/c1-14(19(21)20-16-8-6-4-5-7-9-16)12-15-10-11-17(22-2)18(13-15)23-3/h10-13,16H,4-9H2,1-3H3,(H,20,21)/b14-12+. The van der Waals surface area contributed by atoms with Crippen LogP contribution in [0.25, 0.3) is 6.08 Å². The maximum absolute atomic E-state index is 12.4. The Morgan fingerprint density at radius 1 is 1.09 bits per heavy atom. The SMILES string of the molecule is COc1ccc(/C=C(\C)C(=O)NC2CCCCCC2)cc1OC. The van der Waals surface area contributed by atoms with Gasteiger partial charge in [-0.25, -0.2) is 0 Å². The third kappa shape index (κ3) is 5.02. The summed E-state index contributed by atoms with van der Waals surface area (Å²) in [6.07, 6.45) is 9.06. The van der Waals surface area contributed by atoms with Gasteiger partial charge in [0.1, 0.15) is 0 Å². The van der Waals surface area contributed by atoms with E-state index in [1.165, 1.54) is 25.7 Å². The zero-order chi connectivity index (χ0) is 16.7. The molecule has 4 nitrogen and oxygen atoms in total. The number of hydrogen-bond acceptors (Lipinski definition) is 3. The lowest BCUT2D eigenvalue weighted by Crippen LogP contribution is -2.34. The fourth-order valence-electron chi connectivity index (χ4n) is 2.98. The Balaban J connectivity index is 2.04. The number of methoxy groups -OCH3 is 2. The number of benzene rings is 1. The highest BCUT2D eigenvalue weighted by molar-refractivity contribution is 5.97.